The molecule has 2 aromatic heterocycles. The molecular formula is C37H36N4O7S. The minimum Gasteiger partial charge on any atom is -0.497 e. The van der Waals surface area contributed by atoms with Crippen LogP contribution in [-0.2, 0) is 20.4 Å². The van der Waals surface area contributed by atoms with E-state index in [2.05, 4.69) is 14.8 Å². The predicted octanol–water partition coefficient (Wildman–Crippen LogP) is 5.56. The van der Waals surface area contributed by atoms with Crippen LogP contribution >= 0.6 is 0 Å². The van der Waals surface area contributed by atoms with Crippen LogP contribution in [0, 0.1) is 0 Å². The summed E-state index contributed by atoms with van der Waals surface area (Å²) in [5.74, 6) is 0.910. The molecule has 1 atom stereocenters. The number of nitrogens with zero attached hydrogens (tertiary/aromatic N) is 4. The SMILES string of the molecule is CCOc1ccccc1C1(N2CCN(c3ccncc3)CC2)C(=O)N(S(=O)(=O)c2ccc(OC)cc2OC)c2ccc(-c3ccco3)cc21. The molecule has 4 heterocycles. The minimum atomic E-state index is -4.54. The van der Waals surface area contributed by atoms with Gasteiger partial charge in [0.05, 0.1) is 32.8 Å². The van der Waals surface area contributed by atoms with Crippen LogP contribution in [0.15, 0.2) is 113 Å². The number of para-hydroxylation sites is 1. The zero-order chi connectivity index (χ0) is 34.2. The van der Waals surface area contributed by atoms with E-state index in [1.807, 2.05) is 55.5 Å². The van der Waals surface area contributed by atoms with Crippen molar-refractivity contribution in [3.8, 4) is 28.6 Å². The number of ether oxygens (including phenoxy) is 3. The Hall–Kier alpha value is -5.33. The maximum absolute atomic E-state index is 15.6. The van der Waals surface area contributed by atoms with E-state index in [1.54, 1.807) is 36.9 Å². The fourth-order valence-corrected chi connectivity index (χ4v) is 8.54. The second kappa shape index (κ2) is 12.9. The molecule has 0 saturated carbocycles. The van der Waals surface area contributed by atoms with Gasteiger partial charge in [0.1, 0.15) is 27.9 Å². The van der Waals surface area contributed by atoms with E-state index in [-0.39, 0.29) is 16.3 Å². The van der Waals surface area contributed by atoms with Crippen molar-refractivity contribution in [3.63, 3.8) is 0 Å². The number of piperazine rings is 1. The molecular weight excluding hydrogens is 644 g/mol. The molecule has 0 spiro atoms. The average molecular weight is 681 g/mol. The van der Waals surface area contributed by atoms with Gasteiger partial charge in [-0.05, 0) is 67.6 Å². The lowest BCUT2D eigenvalue weighted by molar-refractivity contribution is -0.127. The lowest BCUT2D eigenvalue weighted by Gasteiger charge is -2.46. The molecule has 3 aromatic carbocycles. The van der Waals surface area contributed by atoms with Gasteiger partial charge >= 0.3 is 0 Å². The lowest BCUT2D eigenvalue weighted by atomic mass is 9.80. The van der Waals surface area contributed by atoms with Gasteiger partial charge in [0.25, 0.3) is 15.9 Å². The van der Waals surface area contributed by atoms with E-state index in [0.29, 0.717) is 66.7 Å². The molecule has 7 rings (SSSR count). The van der Waals surface area contributed by atoms with Crippen LogP contribution < -0.4 is 23.4 Å². The van der Waals surface area contributed by atoms with Gasteiger partial charge in [-0.2, -0.15) is 0 Å². The number of furan rings is 1. The predicted molar refractivity (Wildman–Crippen MR) is 185 cm³/mol. The summed E-state index contributed by atoms with van der Waals surface area (Å²) in [5, 5.41) is 0. The van der Waals surface area contributed by atoms with Crippen LogP contribution in [0.5, 0.6) is 17.2 Å². The summed E-state index contributed by atoms with van der Waals surface area (Å²) in [7, 11) is -1.67. The van der Waals surface area contributed by atoms with Gasteiger partial charge in [0.2, 0.25) is 0 Å². The number of carbonyl (C=O) groups is 1. The molecule has 252 valence electrons. The van der Waals surface area contributed by atoms with Crippen LogP contribution in [0.3, 0.4) is 0 Å². The topological polar surface area (TPSA) is 115 Å². The Morgan fingerprint density at radius 2 is 1.61 bits per heavy atom. The van der Waals surface area contributed by atoms with E-state index in [0.717, 1.165) is 9.99 Å². The summed E-state index contributed by atoms with van der Waals surface area (Å²) in [5.41, 5.74) is 1.43. The highest BCUT2D eigenvalue weighted by Gasteiger charge is 2.61. The molecule has 0 aliphatic carbocycles. The zero-order valence-corrected chi connectivity index (χ0v) is 28.2. The normalized spacial score (nSPS) is 18.0. The second-order valence-electron chi connectivity index (χ2n) is 11.6. The van der Waals surface area contributed by atoms with Gasteiger partial charge in [-0.3, -0.25) is 14.7 Å². The van der Waals surface area contributed by atoms with Gasteiger partial charge in [0, 0.05) is 67.0 Å². The van der Waals surface area contributed by atoms with Crippen molar-refractivity contribution in [1.29, 1.82) is 0 Å². The number of rotatable bonds is 10. The third kappa shape index (κ3) is 5.28. The van der Waals surface area contributed by atoms with E-state index in [1.165, 1.54) is 32.4 Å². The molecule has 1 unspecified atom stereocenters. The largest absolute Gasteiger partial charge is 0.497 e. The van der Waals surface area contributed by atoms with Crippen molar-refractivity contribution < 1.29 is 31.8 Å². The van der Waals surface area contributed by atoms with Gasteiger partial charge in [0.15, 0.2) is 5.54 Å². The Balaban J connectivity index is 1.47. The number of hydrogen-bond donors (Lipinski definition) is 0. The first kappa shape index (κ1) is 32.2. The number of methoxy groups -OCH3 is 2. The van der Waals surface area contributed by atoms with E-state index >= 15 is 4.79 Å². The third-order valence-corrected chi connectivity index (χ3v) is 10.9. The number of sulfonamides is 1. The number of hydrogen-bond acceptors (Lipinski definition) is 10. The number of fused-ring (bicyclic) bond motifs is 1. The monoisotopic (exact) mass is 680 g/mol. The van der Waals surface area contributed by atoms with Crippen molar-refractivity contribution in [2.24, 2.45) is 0 Å². The Kier molecular flexibility index (Phi) is 8.51. The molecule has 0 radical (unpaired) electrons. The Morgan fingerprint density at radius 1 is 0.837 bits per heavy atom. The van der Waals surface area contributed by atoms with Crippen molar-refractivity contribution in [3.05, 3.63) is 115 Å². The molecule has 1 amide bonds. The number of amides is 1. The molecule has 12 heteroatoms. The third-order valence-electron chi connectivity index (χ3n) is 9.15. The van der Waals surface area contributed by atoms with Gasteiger partial charge in [-0.1, -0.05) is 18.2 Å². The number of anilines is 2. The highest BCUT2D eigenvalue weighted by molar-refractivity contribution is 7.93. The zero-order valence-electron chi connectivity index (χ0n) is 27.4. The van der Waals surface area contributed by atoms with Crippen LogP contribution in [0.1, 0.15) is 18.1 Å². The van der Waals surface area contributed by atoms with Crippen LogP contribution in [-0.4, -0.2) is 71.2 Å². The van der Waals surface area contributed by atoms with Crippen LogP contribution in [0.4, 0.5) is 11.4 Å². The van der Waals surface area contributed by atoms with Crippen LogP contribution in [0.2, 0.25) is 0 Å². The van der Waals surface area contributed by atoms with Crippen LogP contribution in [0.25, 0.3) is 11.3 Å². The number of pyridine rings is 1. The summed E-state index contributed by atoms with van der Waals surface area (Å²) >= 11 is 0. The maximum Gasteiger partial charge on any atom is 0.274 e. The molecule has 2 aliphatic rings. The number of aromatic nitrogens is 1. The molecule has 1 saturated heterocycles. The van der Waals surface area contributed by atoms with Gasteiger partial charge in [-0.15, -0.1) is 0 Å². The van der Waals surface area contributed by atoms with Gasteiger partial charge in [-0.25, -0.2) is 12.7 Å². The highest BCUT2D eigenvalue weighted by Crippen LogP contribution is 2.54. The fourth-order valence-electron chi connectivity index (χ4n) is 6.93. The number of carbonyl (C=O) groups excluding carboxylic acids is 1. The molecule has 49 heavy (non-hydrogen) atoms. The average Bonchev–Trinajstić information content (AvgIpc) is 3.77. The first-order valence-electron chi connectivity index (χ1n) is 16.0. The van der Waals surface area contributed by atoms with Crippen molar-refractivity contribution in [1.82, 2.24) is 9.88 Å². The molecule has 2 aliphatic heterocycles. The van der Waals surface area contributed by atoms with Crippen molar-refractivity contribution in [2.45, 2.75) is 17.4 Å². The Morgan fingerprint density at radius 3 is 2.31 bits per heavy atom. The minimum absolute atomic E-state index is 0.0547. The van der Waals surface area contributed by atoms with E-state index < -0.39 is 21.5 Å². The summed E-state index contributed by atoms with van der Waals surface area (Å²) in [6, 6.07) is 24.6. The summed E-state index contributed by atoms with van der Waals surface area (Å²) < 4.78 is 53.4. The standard InChI is InChI=1S/C37H36N4O7S/c1-4-47-33-9-6-5-8-29(33)37(40-21-19-39(20-22-40)27-15-17-38-18-16-27)30-24-26(32-10-7-23-48-32)11-13-31(30)41(36(37)42)49(43,44)35-14-12-28(45-2)25-34(35)46-3/h5-18,23-25H,4,19-22H2,1-3H3. The molecule has 0 bridgehead atoms. The number of benzene rings is 3. The summed E-state index contributed by atoms with van der Waals surface area (Å²) in [6.07, 6.45) is 5.09. The smallest absolute Gasteiger partial charge is 0.274 e. The quantitative estimate of drug-likeness (QED) is 0.186. The Bertz CT molecular complexity index is 2080. The molecule has 5 aromatic rings. The van der Waals surface area contributed by atoms with Crippen molar-refractivity contribution in [2.75, 3.05) is 56.2 Å². The Labute approximate surface area is 285 Å². The highest BCUT2D eigenvalue weighted by atomic mass is 32.2. The summed E-state index contributed by atoms with van der Waals surface area (Å²) in [6.45, 7) is 4.28. The van der Waals surface area contributed by atoms with E-state index in [9.17, 15) is 8.42 Å². The van der Waals surface area contributed by atoms with Gasteiger partial charge < -0.3 is 23.5 Å². The lowest BCUT2D eigenvalue weighted by Crippen LogP contribution is -2.60. The maximum atomic E-state index is 15.6. The van der Waals surface area contributed by atoms with Crippen molar-refractivity contribution >= 4 is 27.3 Å². The van der Waals surface area contributed by atoms with E-state index in [4.69, 9.17) is 18.6 Å². The molecule has 0 N–H and O–H groups in total. The first-order chi connectivity index (χ1) is 23.8. The molecule has 1 fully saturated rings. The second-order valence-corrected chi connectivity index (χ2v) is 13.4. The first-order valence-corrected chi connectivity index (χ1v) is 17.4. The summed E-state index contributed by atoms with van der Waals surface area (Å²) in [4.78, 5) is 23.9. The fraction of sp³-hybridized carbons (Fsp3) is 0.243. The molecule has 11 nitrogen and oxygen atoms in total.